The number of aliphatic hydroxyl groups is 1. The molecule has 0 aromatic heterocycles. The summed E-state index contributed by atoms with van der Waals surface area (Å²) in [4.78, 5) is 0. The molecule has 106 valence electrons. The minimum absolute atomic E-state index is 0.530. The number of hydrogen-bond acceptors (Lipinski definition) is 1. The van der Waals surface area contributed by atoms with Crippen molar-refractivity contribution in [3.8, 4) is 0 Å². The first kappa shape index (κ1) is 14.8. The highest BCUT2D eigenvalue weighted by molar-refractivity contribution is 5.37. The molecule has 20 heavy (non-hydrogen) atoms. The Hall–Kier alpha value is -1.60. The molecule has 0 saturated heterocycles. The molecule has 0 aliphatic heterocycles. The molecule has 0 radical (unpaired) electrons. The summed E-state index contributed by atoms with van der Waals surface area (Å²) >= 11 is 0. The maximum Gasteiger partial charge on any atom is 0.104 e. The van der Waals surface area contributed by atoms with Crippen molar-refractivity contribution in [2.75, 3.05) is 0 Å². The minimum atomic E-state index is -0.530. The maximum absolute atomic E-state index is 10.5. The number of hydrogen-bond donors (Lipinski definition) is 1. The lowest BCUT2D eigenvalue weighted by Gasteiger charge is -2.15. The third-order valence-electron chi connectivity index (χ3n) is 4.01. The van der Waals surface area contributed by atoms with Gasteiger partial charge in [0.2, 0.25) is 0 Å². The molecule has 0 heterocycles. The Morgan fingerprint density at radius 3 is 1.90 bits per heavy atom. The summed E-state index contributed by atoms with van der Waals surface area (Å²) in [5, 5.41) is 10.5. The summed E-state index contributed by atoms with van der Waals surface area (Å²) < 4.78 is 0. The number of benzene rings is 2. The van der Waals surface area contributed by atoms with Crippen LogP contribution in [0.4, 0.5) is 0 Å². The van der Waals surface area contributed by atoms with Gasteiger partial charge in [-0.2, -0.15) is 0 Å². The first-order chi connectivity index (χ1) is 9.69. The average Bonchev–Trinajstić information content (AvgIpc) is 2.53. The van der Waals surface area contributed by atoms with E-state index in [-0.39, 0.29) is 0 Å². The first-order valence-electron chi connectivity index (χ1n) is 7.58. The summed E-state index contributed by atoms with van der Waals surface area (Å²) in [6, 6.07) is 14.6. The molecule has 2 aromatic rings. The summed E-state index contributed by atoms with van der Waals surface area (Å²) in [6.45, 7) is 6.48. The van der Waals surface area contributed by atoms with Crippen molar-refractivity contribution in [2.45, 2.75) is 46.1 Å². The van der Waals surface area contributed by atoms with Crippen molar-refractivity contribution in [2.24, 2.45) is 0 Å². The number of aryl methyl sites for hydroxylation is 3. The summed E-state index contributed by atoms with van der Waals surface area (Å²) in [5.74, 6) is 0. The lowest BCUT2D eigenvalue weighted by Crippen LogP contribution is -2.02. The van der Waals surface area contributed by atoms with Crippen molar-refractivity contribution in [1.29, 1.82) is 0 Å². The van der Waals surface area contributed by atoms with Gasteiger partial charge in [-0.3, -0.25) is 0 Å². The largest absolute Gasteiger partial charge is 0.384 e. The van der Waals surface area contributed by atoms with Crippen LogP contribution in [-0.4, -0.2) is 5.11 Å². The van der Waals surface area contributed by atoms with Crippen LogP contribution >= 0.6 is 0 Å². The van der Waals surface area contributed by atoms with E-state index in [1.807, 2.05) is 12.1 Å². The molecule has 0 saturated carbocycles. The molecule has 0 amide bonds. The van der Waals surface area contributed by atoms with Gasteiger partial charge in [-0.25, -0.2) is 0 Å². The predicted octanol–water partition coefficient (Wildman–Crippen LogP) is 4.46. The molecule has 1 unspecified atom stereocenters. The molecular weight excluding hydrogens is 244 g/mol. The third kappa shape index (κ3) is 3.10. The molecule has 0 fully saturated rings. The van der Waals surface area contributed by atoms with Gasteiger partial charge in [-0.05, 0) is 47.1 Å². The van der Waals surface area contributed by atoms with E-state index in [1.54, 1.807) is 0 Å². The van der Waals surface area contributed by atoms with E-state index in [0.29, 0.717) is 0 Å². The zero-order valence-corrected chi connectivity index (χ0v) is 12.7. The van der Waals surface area contributed by atoms with Gasteiger partial charge in [-0.1, -0.05) is 63.2 Å². The van der Waals surface area contributed by atoms with E-state index in [4.69, 9.17) is 0 Å². The van der Waals surface area contributed by atoms with Crippen molar-refractivity contribution >= 4 is 0 Å². The van der Waals surface area contributed by atoms with Crippen molar-refractivity contribution in [1.82, 2.24) is 0 Å². The minimum Gasteiger partial charge on any atom is -0.384 e. The molecule has 0 bridgehead atoms. The molecule has 1 heteroatoms. The SMILES string of the molecule is CCc1ccc(C(O)c2ccc(CC)c(CC)c2)cc1. The van der Waals surface area contributed by atoms with Crippen molar-refractivity contribution in [3.63, 3.8) is 0 Å². The zero-order chi connectivity index (χ0) is 14.5. The fraction of sp³-hybridized carbons (Fsp3) is 0.368. The Bertz CT molecular complexity index is 554. The highest BCUT2D eigenvalue weighted by Gasteiger charge is 2.12. The highest BCUT2D eigenvalue weighted by Crippen LogP contribution is 2.25. The summed E-state index contributed by atoms with van der Waals surface area (Å²) in [7, 11) is 0. The standard InChI is InChI=1S/C19H24O/c1-4-14-7-9-17(10-8-14)19(20)18-12-11-15(5-2)16(6-3)13-18/h7-13,19-20H,4-6H2,1-3H3. The van der Waals surface area contributed by atoms with Gasteiger partial charge in [-0.15, -0.1) is 0 Å². The van der Waals surface area contributed by atoms with E-state index in [1.165, 1.54) is 16.7 Å². The van der Waals surface area contributed by atoms with E-state index >= 15 is 0 Å². The molecule has 0 spiro atoms. The van der Waals surface area contributed by atoms with Gasteiger partial charge in [0.25, 0.3) is 0 Å². The lowest BCUT2D eigenvalue weighted by molar-refractivity contribution is 0.220. The van der Waals surface area contributed by atoms with Crippen LogP contribution in [-0.2, 0) is 19.3 Å². The van der Waals surface area contributed by atoms with Gasteiger partial charge in [0.05, 0.1) is 0 Å². The fourth-order valence-corrected chi connectivity index (χ4v) is 2.62. The van der Waals surface area contributed by atoms with Crippen LogP contribution in [0, 0.1) is 0 Å². The Kier molecular flexibility index (Phi) is 4.97. The van der Waals surface area contributed by atoms with E-state index in [2.05, 4.69) is 51.1 Å². The fourth-order valence-electron chi connectivity index (χ4n) is 2.62. The van der Waals surface area contributed by atoms with Gasteiger partial charge in [0.1, 0.15) is 6.10 Å². The average molecular weight is 268 g/mol. The molecular formula is C19H24O. The second kappa shape index (κ2) is 6.71. The number of aliphatic hydroxyl groups excluding tert-OH is 1. The Labute approximate surface area is 122 Å². The molecule has 1 atom stereocenters. The lowest BCUT2D eigenvalue weighted by atomic mass is 9.94. The Morgan fingerprint density at radius 2 is 1.35 bits per heavy atom. The van der Waals surface area contributed by atoms with Crippen LogP contribution in [0.15, 0.2) is 42.5 Å². The Balaban J connectivity index is 2.29. The highest BCUT2D eigenvalue weighted by atomic mass is 16.3. The summed E-state index contributed by atoms with van der Waals surface area (Å²) in [6.07, 6.45) is 2.56. The first-order valence-corrected chi connectivity index (χ1v) is 7.58. The van der Waals surface area contributed by atoms with Gasteiger partial charge in [0, 0.05) is 0 Å². The second-order valence-corrected chi connectivity index (χ2v) is 5.23. The topological polar surface area (TPSA) is 20.2 Å². The summed E-state index contributed by atoms with van der Waals surface area (Å²) in [5.41, 5.74) is 5.98. The molecule has 1 nitrogen and oxygen atoms in total. The van der Waals surface area contributed by atoms with Crippen LogP contribution in [0.5, 0.6) is 0 Å². The number of rotatable bonds is 5. The van der Waals surface area contributed by atoms with E-state index in [9.17, 15) is 5.11 Å². The third-order valence-corrected chi connectivity index (χ3v) is 4.01. The predicted molar refractivity (Wildman–Crippen MR) is 85.1 cm³/mol. The molecule has 1 N–H and O–H groups in total. The quantitative estimate of drug-likeness (QED) is 0.849. The zero-order valence-electron chi connectivity index (χ0n) is 12.7. The van der Waals surface area contributed by atoms with Crippen molar-refractivity contribution in [3.05, 3.63) is 70.3 Å². The smallest absolute Gasteiger partial charge is 0.104 e. The van der Waals surface area contributed by atoms with E-state index < -0.39 is 6.10 Å². The van der Waals surface area contributed by atoms with E-state index in [0.717, 1.165) is 30.4 Å². The molecule has 0 aliphatic carbocycles. The normalized spacial score (nSPS) is 12.4. The van der Waals surface area contributed by atoms with Crippen molar-refractivity contribution < 1.29 is 5.11 Å². The van der Waals surface area contributed by atoms with Crippen LogP contribution in [0.1, 0.15) is 54.7 Å². The van der Waals surface area contributed by atoms with Crippen LogP contribution in [0.25, 0.3) is 0 Å². The second-order valence-electron chi connectivity index (χ2n) is 5.23. The van der Waals surface area contributed by atoms with Crippen LogP contribution < -0.4 is 0 Å². The monoisotopic (exact) mass is 268 g/mol. The van der Waals surface area contributed by atoms with Gasteiger partial charge >= 0.3 is 0 Å². The Morgan fingerprint density at radius 1 is 0.750 bits per heavy atom. The van der Waals surface area contributed by atoms with Crippen LogP contribution in [0.2, 0.25) is 0 Å². The maximum atomic E-state index is 10.5. The molecule has 0 aliphatic rings. The van der Waals surface area contributed by atoms with Gasteiger partial charge < -0.3 is 5.11 Å². The molecule has 2 aromatic carbocycles. The molecule has 2 rings (SSSR count). The van der Waals surface area contributed by atoms with Gasteiger partial charge in [0.15, 0.2) is 0 Å². The van der Waals surface area contributed by atoms with Crippen LogP contribution in [0.3, 0.4) is 0 Å².